The number of benzene rings is 1. The summed E-state index contributed by atoms with van der Waals surface area (Å²) in [6, 6.07) is 4.39. The zero-order valence-corrected chi connectivity index (χ0v) is 15.2. The van der Waals surface area contributed by atoms with Crippen LogP contribution in [0.5, 0.6) is 0 Å². The van der Waals surface area contributed by atoms with Crippen LogP contribution in [0.3, 0.4) is 0 Å². The van der Waals surface area contributed by atoms with Crippen molar-refractivity contribution < 1.29 is 28.2 Å². The first-order chi connectivity index (χ1) is 12.3. The standard InChI is InChI=1S/C17H19FN2O5S/c1-10(21)19-8-12-9-20(16(23)25-12)11-3-4-14(13(18)7-11)26-17(2)5-6-24-15(17)22/h3-4,7,12H,5-6,8-9H2,1-2H3,(H,19,21)/t12-,17?/m0/s1. The number of amides is 2. The number of hydrogen-bond acceptors (Lipinski definition) is 6. The molecule has 1 N–H and O–H groups in total. The number of esters is 1. The maximum Gasteiger partial charge on any atom is 0.414 e. The molecule has 1 aromatic rings. The van der Waals surface area contributed by atoms with E-state index in [1.807, 2.05) is 0 Å². The lowest BCUT2D eigenvalue weighted by molar-refractivity contribution is -0.139. The Balaban J connectivity index is 1.70. The van der Waals surface area contributed by atoms with Gasteiger partial charge in [-0.3, -0.25) is 14.5 Å². The van der Waals surface area contributed by atoms with Crippen molar-refractivity contribution in [3.8, 4) is 0 Å². The van der Waals surface area contributed by atoms with E-state index in [2.05, 4.69) is 5.32 Å². The number of cyclic esters (lactones) is 2. The number of nitrogens with zero attached hydrogens (tertiary/aromatic N) is 1. The largest absolute Gasteiger partial charge is 0.465 e. The summed E-state index contributed by atoms with van der Waals surface area (Å²) in [5.41, 5.74) is 0.362. The van der Waals surface area contributed by atoms with E-state index in [0.29, 0.717) is 23.6 Å². The molecule has 0 saturated carbocycles. The first-order valence-electron chi connectivity index (χ1n) is 8.17. The molecule has 140 valence electrons. The Morgan fingerprint density at radius 2 is 2.23 bits per heavy atom. The van der Waals surface area contributed by atoms with Crippen molar-refractivity contribution in [1.29, 1.82) is 0 Å². The van der Waals surface area contributed by atoms with Crippen molar-refractivity contribution in [3.05, 3.63) is 24.0 Å². The van der Waals surface area contributed by atoms with Gasteiger partial charge in [0.1, 0.15) is 16.7 Å². The second kappa shape index (κ2) is 7.14. The van der Waals surface area contributed by atoms with Gasteiger partial charge in [0.2, 0.25) is 5.91 Å². The third-order valence-corrected chi connectivity index (χ3v) is 5.63. The number of halogens is 1. The van der Waals surface area contributed by atoms with Crippen LogP contribution in [0, 0.1) is 5.82 Å². The molecule has 2 fully saturated rings. The van der Waals surface area contributed by atoms with Gasteiger partial charge < -0.3 is 14.8 Å². The molecule has 0 bridgehead atoms. The number of thioether (sulfide) groups is 1. The Morgan fingerprint density at radius 1 is 1.46 bits per heavy atom. The normalized spacial score (nSPS) is 25.2. The predicted octanol–water partition coefficient (Wildman–Crippen LogP) is 2.08. The minimum atomic E-state index is -0.807. The second-order valence-corrected chi connectivity index (χ2v) is 7.93. The molecule has 1 aromatic carbocycles. The maximum atomic E-state index is 14.5. The predicted molar refractivity (Wildman–Crippen MR) is 92.5 cm³/mol. The smallest absolute Gasteiger partial charge is 0.414 e. The number of nitrogens with one attached hydrogen (secondary N) is 1. The molecule has 26 heavy (non-hydrogen) atoms. The average molecular weight is 382 g/mol. The summed E-state index contributed by atoms with van der Waals surface area (Å²) in [5.74, 6) is -1.09. The van der Waals surface area contributed by atoms with Crippen molar-refractivity contribution >= 4 is 35.4 Å². The fraction of sp³-hybridized carbons (Fsp3) is 0.471. The summed E-state index contributed by atoms with van der Waals surface area (Å²) in [6.45, 7) is 3.85. The van der Waals surface area contributed by atoms with Crippen LogP contribution in [0.15, 0.2) is 23.1 Å². The molecule has 3 rings (SSSR count). The molecule has 7 nitrogen and oxygen atoms in total. The Kier molecular flexibility index (Phi) is 5.08. The van der Waals surface area contributed by atoms with Crippen LogP contribution in [-0.2, 0) is 19.1 Å². The van der Waals surface area contributed by atoms with Crippen molar-refractivity contribution in [2.45, 2.75) is 36.0 Å². The lowest BCUT2D eigenvalue weighted by Gasteiger charge is -2.19. The van der Waals surface area contributed by atoms with Gasteiger partial charge >= 0.3 is 12.1 Å². The molecule has 0 aliphatic carbocycles. The fourth-order valence-electron chi connectivity index (χ4n) is 2.77. The Morgan fingerprint density at radius 3 is 2.85 bits per heavy atom. The molecule has 9 heteroatoms. The minimum absolute atomic E-state index is 0.203. The summed E-state index contributed by atoms with van der Waals surface area (Å²) >= 11 is 1.12. The van der Waals surface area contributed by atoms with Gasteiger partial charge in [-0.05, 0) is 25.1 Å². The number of carbonyl (C=O) groups is 3. The zero-order valence-electron chi connectivity index (χ0n) is 14.4. The summed E-state index contributed by atoms with van der Waals surface area (Å²) in [7, 11) is 0. The van der Waals surface area contributed by atoms with E-state index in [1.165, 1.54) is 17.9 Å². The molecular weight excluding hydrogens is 363 g/mol. The topological polar surface area (TPSA) is 84.9 Å². The molecule has 2 heterocycles. The van der Waals surface area contributed by atoms with Gasteiger partial charge in [-0.1, -0.05) is 0 Å². The molecule has 2 aliphatic heterocycles. The first kappa shape index (κ1) is 18.5. The van der Waals surface area contributed by atoms with E-state index in [9.17, 15) is 18.8 Å². The second-order valence-electron chi connectivity index (χ2n) is 6.39. The van der Waals surface area contributed by atoms with Crippen LogP contribution in [0.4, 0.5) is 14.9 Å². The number of carbonyl (C=O) groups excluding carboxylic acids is 3. The van der Waals surface area contributed by atoms with Crippen LogP contribution in [0.25, 0.3) is 0 Å². The van der Waals surface area contributed by atoms with Crippen LogP contribution >= 0.6 is 11.8 Å². The average Bonchev–Trinajstić information content (AvgIpc) is 3.10. The van der Waals surface area contributed by atoms with E-state index < -0.39 is 22.8 Å². The first-order valence-corrected chi connectivity index (χ1v) is 8.98. The molecule has 0 spiro atoms. The summed E-state index contributed by atoms with van der Waals surface area (Å²) in [6.07, 6.45) is -0.566. The highest BCUT2D eigenvalue weighted by molar-refractivity contribution is 8.01. The molecule has 1 unspecified atom stereocenters. The number of rotatable bonds is 5. The molecule has 0 aromatic heterocycles. The van der Waals surface area contributed by atoms with Gasteiger partial charge in [0.25, 0.3) is 0 Å². The highest BCUT2D eigenvalue weighted by atomic mass is 32.2. The highest BCUT2D eigenvalue weighted by Gasteiger charge is 2.41. The Labute approximate surface area is 154 Å². The van der Waals surface area contributed by atoms with Gasteiger partial charge in [0.15, 0.2) is 0 Å². The SMILES string of the molecule is CC(=O)NC[C@H]1CN(c2ccc(SC3(C)CCOC3=O)c(F)c2)C(=O)O1. The van der Waals surface area contributed by atoms with E-state index >= 15 is 0 Å². The van der Waals surface area contributed by atoms with Gasteiger partial charge in [-0.2, -0.15) is 0 Å². The van der Waals surface area contributed by atoms with Crippen molar-refractivity contribution in [1.82, 2.24) is 5.32 Å². The Hall–Kier alpha value is -2.29. The van der Waals surface area contributed by atoms with Gasteiger partial charge in [-0.25, -0.2) is 9.18 Å². The van der Waals surface area contributed by atoms with Gasteiger partial charge in [-0.15, -0.1) is 11.8 Å². The summed E-state index contributed by atoms with van der Waals surface area (Å²) in [4.78, 5) is 36.4. The minimum Gasteiger partial charge on any atom is -0.465 e. The molecule has 2 atom stereocenters. The third-order valence-electron chi connectivity index (χ3n) is 4.26. The molecule has 2 amide bonds. The lowest BCUT2D eigenvalue weighted by atomic mass is 10.1. The Bertz CT molecular complexity index is 759. The zero-order chi connectivity index (χ0) is 18.9. The van der Waals surface area contributed by atoms with Crippen LogP contribution in [0.1, 0.15) is 20.3 Å². The highest BCUT2D eigenvalue weighted by Crippen LogP contribution is 2.41. The van der Waals surface area contributed by atoms with Crippen LogP contribution in [-0.4, -0.2) is 48.5 Å². The van der Waals surface area contributed by atoms with Crippen molar-refractivity contribution in [2.75, 3.05) is 24.6 Å². The molecular formula is C17H19FN2O5S. The van der Waals surface area contributed by atoms with E-state index in [0.717, 1.165) is 11.8 Å². The van der Waals surface area contributed by atoms with Crippen LogP contribution in [0.2, 0.25) is 0 Å². The van der Waals surface area contributed by atoms with Gasteiger partial charge in [0.05, 0.1) is 25.4 Å². The van der Waals surface area contributed by atoms with E-state index in [1.54, 1.807) is 19.1 Å². The lowest BCUT2D eigenvalue weighted by Crippen LogP contribution is -2.33. The van der Waals surface area contributed by atoms with Gasteiger partial charge in [0, 0.05) is 18.2 Å². The molecule has 2 aliphatic rings. The number of anilines is 1. The van der Waals surface area contributed by atoms with E-state index in [4.69, 9.17) is 9.47 Å². The fourth-order valence-corrected chi connectivity index (χ4v) is 3.87. The molecule has 0 radical (unpaired) electrons. The molecule has 2 saturated heterocycles. The summed E-state index contributed by atoms with van der Waals surface area (Å²) in [5, 5.41) is 2.59. The number of ether oxygens (including phenoxy) is 2. The summed E-state index contributed by atoms with van der Waals surface area (Å²) < 4.78 is 23.9. The monoisotopic (exact) mass is 382 g/mol. The third kappa shape index (κ3) is 3.77. The van der Waals surface area contributed by atoms with Crippen molar-refractivity contribution in [3.63, 3.8) is 0 Å². The van der Waals surface area contributed by atoms with Crippen molar-refractivity contribution in [2.24, 2.45) is 0 Å². The van der Waals surface area contributed by atoms with E-state index in [-0.39, 0.29) is 25.0 Å². The number of hydrogen-bond donors (Lipinski definition) is 1. The quantitative estimate of drug-likeness (QED) is 0.785. The maximum absolute atomic E-state index is 14.5. The van der Waals surface area contributed by atoms with Crippen LogP contribution < -0.4 is 10.2 Å².